The summed E-state index contributed by atoms with van der Waals surface area (Å²) in [5.74, 6) is 1.61. The molecule has 2 aromatic carbocycles. The molecular formula is C36H47Cl3N6O5Si. The second-order valence-electron chi connectivity index (χ2n) is 12.8. The quantitative estimate of drug-likeness (QED) is 0.112. The molecular weight excluding hydrogens is 731 g/mol. The third-order valence-corrected chi connectivity index (χ3v) is 12.6. The molecule has 0 aliphatic carbocycles. The number of anilines is 2. The molecule has 1 aliphatic rings. The van der Waals surface area contributed by atoms with Crippen molar-refractivity contribution in [3.8, 4) is 11.5 Å². The first-order valence-electron chi connectivity index (χ1n) is 16.2. The zero-order chi connectivity index (χ0) is 36.6. The van der Waals surface area contributed by atoms with Crippen LogP contribution in [0.15, 0.2) is 85.2 Å². The van der Waals surface area contributed by atoms with Crippen LogP contribution in [0.4, 0.5) is 21.2 Å². The molecule has 1 saturated heterocycles. The van der Waals surface area contributed by atoms with Crippen molar-refractivity contribution in [2.24, 2.45) is 0 Å². The molecule has 0 bridgehead atoms. The average molecular weight is 778 g/mol. The largest absolute Gasteiger partial charge is 0.542 e. The Morgan fingerprint density at radius 1 is 0.765 bits per heavy atom. The van der Waals surface area contributed by atoms with Crippen molar-refractivity contribution in [1.29, 1.82) is 0 Å². The molecule has 4 aromatic rings. The number of rotatable bonds is 8. The van der Waals surface area contributed by atoms with Crippen LogP contribution in [0.25, 0.3) is 0 Å². The highest BCUT2D eigenvalue weighted by Gasteiger charge is 2.39. The molecule has 1 fully saturated rings. The number of nitrogens with zero attached hydrogens (tertiary/aromatic N) is 2. The predicted octanol–water partition coefficient (Wildman–Crippen LogP) is 9.42. The zero-order valence-corrected chi connectivity index (χ0v) is 32.8. The van der Waals surface area contributed by atoms with Gasteiger partial charge in [-0.2, -0.15) is 0 Å². The monoisotopic (exact) mass is 776 g/mol. The first-order chi connectivity index (χ1) is 23.7. The number of carbonyl (C=O) groups excluding carboxylic acids is 2. The zero-order valence-electron chi connectivity index (χ0n) is 29.5. The normalized spacial score (nSPS) is 12.1. The number of hydrogen-bond acceptors (Lipinski definition) is 7. The second-order valence-corrected chi connectivity index (χ2v) is 18.4. The topological polar surface area (TPSA) is 147 Å². The van der Waals surface area contributed by atoms with E-state index in [1.54, 1.807) is 36.5 Å². The Hall–Kier alpha value is -4.07. The van der Waals surface area contributed by atoms with E-state index in [4.69, 9.17) is 37.5 Å². The first-order valence-corrected chi connectivity index (χ1v) is 19.8. The Kier molecular flexibility index (Phi) is 18.0. The predicted molar refractivity (Wildman–Crippen MR) is 210 cm³/mol. The molecule has 0 saturated carbocycles. The average Bonchev–Trinajstić information content (AvgIpc) is 3.67. The minimum atomic E-state index is -1.90. The SMILES string of the molecule is C1CCOC1.CC(C)(C)[Si](C)(C)Oc1ccc(NC(=O)NCc2ccc(Cl)cc2)nc1.Cl.O=C(NCc1ccc(Cl)cc1)Nc1ccc(O)cn1. The van der Waals surface area contributed by atoms with Gasteiger partial charge < -0.3 is 24.9 Å². The molecule has 15 heteroatoms. The maximum atomic E-state index is 12.0. The highest BCUT2D eigenvalue weighted by Crippen LogP contribution is 2.37. The standard InChI is InChI=1S/C19H26ClN3O2Si.C13H12ClN3O2.C4H8O.ClH/c1-19(2,3)26(4,5)25-16-10-11-17(21-13-16)23-18(24)22-12-14-6-8-15(20)9-7-14;14-10-3-1-9(2-4-10)7-16-13(19)17-12-6-5-11(18)8-15-12;1-2-4-5-3-1;/h6-11,13H,12H2,1-5H3,(H2,21,22,23,24);1-6,8,18H,7H2,(H2,15,16,17,19);1-4H2;1H. The van der Waals surface area contributed by atoms with Crippen molar-refractivity contribution >= 4 is 67.6 Å². The van der Waals surface area contributed by atoms with Gasteiger partial charge in [0.2, 0.25) is 0 Å². The van der Waals surface area contributed by atoms with Crippen LogP contribution in [0, 0.1) is 0 Å². The van der Waals surface area contributed by atoms with E-state index in [-0.39, 0.29) is 35.3 Å². The fourth-order valence-electron chi connectivity index (χ4n) is 3.82. The Morgan fingerprint density at radius 2 is 1.22 bits per heavy atom. The maximum absolute atomic E-state index is 12.0. The van der Waals surface area contributed by atoms with Crippen molar-refractivity contribution in [1.82, 2.24) is 20.6 Å². The lowest BCUT2D eigenvalue weighted by molar-refractivity contribution is 0.198. The summed E-state index contributed by atoms with van der Waals surface area (Å²) < 4.78 is 11.1. The molecule has 276 valence electrons. The molecule has 0 radical (unpaired) electrons. The van der Waals surface area contributed by atoms with Crippen LogP contribution in [0.3, 0.4) is 0 Å². The molecule has 2 aromatic heterocycles. The summed E-state index contributed by atoms with van der Waals surface area (Å²) in [6.45, 7) is 13.7. The minimum absolute atomic E-state index is 0. The number of ether oxygens (including phenoxy) is 1. The van der Waals surface area contributed by atoms with E-state index in [0.29, 0.717) is 34.8 Å². The van der Waals surface area contributed by atoms with Gasteiger partial charge in [0.05, 0.1) is 12.4 Å². The van der Waals surface area contributed by atoms with Gasteiger partial charge in [-0.25, -0.2) is 19.6 Å². The number of aromatic hydroxyl groups is 1. The number of carbonyl (C=O) groups is 2. The van der Waals surface area contributed by atoms with Gasteiger partial charge in [0, 0.05) is 36.3 Å². The first kappa shape index (κ1) is 43.1. The van der Waals surface area contributed by atoms with Crippen LogP contribution in [-0.4, -0.2) is 48.7 Å². The summed E-state index contributed by atoms with van der Waals surface area (Å²) in [5, 5.41) is 21.2. The van der Waals surface area contributed by atoms with Crippen molar-refractivity contribution in [3.05, 3.63) is 106 Å². The summed E-state index contributed by atoms with van der Waals surface area (Å²) in [6.07, 6.45) is 5.46. The number of hydrogen-bond donors (Lipinski definition) is 5. The van der Waals surface area contributed by atoms with Gasteiger partial charge in [-0.1, -0.05) is 68.2 Å². The Morgan fingerprint density at radius 3 is 1.57 bits per heavy atom. The summed E-state index contributed by atoms with van der Waals surface area (Å²) in [6, 6.07) is 20.4. The van der Waals surface area contributed by atoms with Gasteiger partial charge in [-0.05, 0) is 90.6 Å². The van der Waals surface area contributed by atoms with Gasteiger partial charge in [-0.3, -0.25) is 10.6 Å². The number of benzene rings is 2. The van der Waals surface area contributed by atoms with Crippen LogP contribution < -0.4 is 25.7 Å². The van der Waals surface area contributed by atoms with Gasteiger partial charge >= 0.3 is 12.1 Å². The van der Waals surface area contributed by atoms with Crippen molar-refractivity contribution in [3.63, 3.8) is 0 Å². The minimum Gasteiger partial charge on any atom is -0.542 e. The number of halogens is 3. The lowest BCUT2D eigenvalue weighted by Gasteiger charge is -2.36. The van der Waals surface area contributed by atoms with E-state index >= 15 is 0 Å². The number of amides is 4. The summed E-state index contributed by atoms with van der Waals surface area (Å²) in [4.78, 5) is 31.7. The van der Waals surface area contributed by atoms with Crippen LogP contribution in [0.2, 0.25) is 28.2 Å². The number of pyridine rings is 2. The molecule has 1 aliphatic heterocycles. The number of nitrogens with one attached hydrogen (secondary N) is 4. The molecule has 0 atom stereocenters. The van der Waals surface area contributed by atoms with Gasteiger partial charge in [-0.15, -0.1) is 12.4 Å². The van der Waals surface area contributed by atoms with Gasteiger partial charge in [0.1, 0.15) is 23.1 Å². The Bertz CT molecular complexity index is 1610. The Balaban J connectivity index is 0.000000314. The second kappa shape index (κ2) is 21.3. The fourth-order valence-corrected chi connectivity index (χ4v) is 5.09. The Labute approximate surface area is 317 Å². The third kappa shape index (κ3) is 16.7. The molecule has 5 rings (SSSR count). The highest BCUT2D eigenvalue weighted by atomic mass is 35.5. The molecule has 11 nitrogen and oxygen atoms in total. The lowest BCUT2D eigenvalue weighted by Crippen LogP contribution is -2.43. The van der Waals surface area contributed by atoms with Crippen LogP contribution in [0.1, 0.15) is 44.7 Å². The van der Waals surface area contributed by atoms with E-state index < -0.39 is 8.32 Å². The van der Waals surface area contributed by atoms with Gasteiger partial charge in [0.25, 0.3) is 8.32 Å². The summed E-state index contributed by atoms with van der Waals surface area (Å²) in [5.41, 5.74) is 1.91. The summed E-state index contributed by atoms with van der Waals surface area (Å²) >= 11 is 11.6. The van der Waals surface area contributed by atoms with Gasteiger partial charge in [0.15, 0.2) is 0 Å². The van der Waals surface area contributed by atoms with Crippen molar-refractivity contribution < 1.29 is 23.9 Å². The molecule has 0 spiro atoms. The molecule has 5 N–H and O–H groups in total. The van der Waals surface area contributed by atoms with Crippen LogP contribution in [-0.2, 0) is 17.8 Å². The molecule has 0 unspecified atom stereocenters. The summed E-state index contributed by atoms with van der Waals surface area (Å²) in [7, 11) is -1.90. The molecule has 4 amide bonds. The third-order valence-electron chi connectivity index (χ3n) is 7.71. The van der Waals surface area contributed by atoms with Crippen LogP contribution >= 0.6 is 35.6 Å². The van der Waals surface area contributed by atoms with E-state index in [1.165, 1.54) is 31.2 Å². The van der Waals surface area contributed by atoms with E-state index in [0.717, 1.165) is 30.1 Å². The van der Waals surface area contributed by atoms with E-state index in [9.17, 15) is 9.59 Å². The maximum Gasteiger partial charge on any atom is 0.320 e. The number of aromatic nitrogens is 2. The van der Waals surface area contributed by atoms with Crippen molar-refractivity contribution in [2.45, 2.75) is 64.8 Å². The number of urea groups is 2. The highest BCUT2D eigenvalue weighted by molar-refractivity contribution is 6.74. The fraction of sp³-hybridized carbons (Fsp3) is 0.333. The van der Waals surface area contributed by atoms with E-state index in [2.05, 4.69) is 65.1 Å². The smallest absolute Gasteiger partial charge is 0.320 e. The molecule has 51 heavy (non-hydrogen) atoms. The molecule has 3 heterocycles. The lowest BCUT2D eigenvalue weighted by atomic mass is 10.2. The van der Waals surface area contributed by atoms with Crippen LogP contribution in [0.5, 0.6) is 11.5 Å². The van der Waals surface area contributed by atoms with E-state index in [1.807, 2.05) is 30.3 Å². The van der Waals surface area contributed by atoms with Crippen molar-refractivity contribution in [2.75, 3.05) is 23.8 Å².